The first-order valence-corrected chi connectivity index (χ1v) is 6.22. The lowest BCUT2D eigenvalue weighted by Crippen LogP contribution is -2.01. The van der Waals surface area contributed by atoms with Crippen LogP contribution in [0.3, 0.4) is 0 Å². The Hall–Kier alpha value is -0.340. The molecule has 0 aliphatic heterocycles. The lowest BCUT2D eigenvalue weighted by molar-refractivity contribution is 0.273. The van der Waals surface area contributed by atoms with E-state index < -0.39 is 0 Å². The van der Waals surface area contributed by atoms with Crippen LogP contribution in [0.2, 0.25) is 0 Å². The molecule has 0 aliphatic rings. The van der Waals surface area contributed by atoms with Gasteiger partial charge in [0, 0.05) is 17.0 Å². The van der Waals surface area contributed by atoms with E-state index in [1.165, 1.54) is 11.1 Å². The number of hydrogen-bond acceptors (Lipinski definition) is 1. The van der Waals surface area contributed by atoms with Crippen LogP contribution in [-0.2, 0) is 6.42 Å². The Morgan fingerprint density at radius 1 is 1.20 bits per heavy atom. The first kappa shape index (κ1) is 12.7. The largest absolute Gasteiger partial charge is 0.396 e. The first-order chi connectivity index (χ1) is 7.02. The highest BCUT2D eigenvalue weighted by Gasteiger charge is 2.07. The number of hydrogen-bond donors (Lipinski definition) is 1. The van der Waals surface area contributed by atoms with E-state index in [9.17, 15) is 0 Å². The van der Waals surface area contributed by atoms with Gasteiger partial charge in [0.2, 0.25) is 0 Å². The number of aliphatic hydroxyl groups is 1. The van der Waals surface area contributed by atoms with Crippen molar-refractivity contribution in [2.45, 2.75) is 33.1 Å². The van der Waals surface area contributed by atoms with Crippen molar-refractivity contribution in [2.75, 3.05) is 6.61 Å². The molecular weight excluding hydrogens is 252 g/mol. The van der Waals surface area contributed by atoms with E-state index in [4.69, 9.17) is 5.11 Å². The summed E-state index contributed by atoms with van der Waals surface area (Å²) in [6.45, 7) is 6.69. The third-order valence-electron chi connectivity index (χ3n) is 2.47. The summed E-state index contributed by atoms with van der Waals surface area (Å²) in [6, 6.07) is 6.45. The predicted molar refractivity (Wildman–Crippen MR) is 68.2 cm³/mol. The molecule has 0 fully saturated rings. The van der Waals surface area contributed by atoms with Gasteiger partial charge >= 0.3 is 0 Å². The molecule has 0 amide bonds. The highest BCUT2D eigenvalue weighted by atomic mass is 79.9. The molecule has 0 bridgehead atoms. The summed E-state index contributed by atoms with van der Waals surface area (Å²) in [6.07, 6.45) is 1.09. The summed E-state index contributed by atoms with van der Waals surface area (Å²) in [5, 5.41) is 9.14. The zero-order valence-corrected chi connectivity index (χ0v) is 11.2. The van der Waals surface area contributed by atoms with E-state index in [-0.39, 0.29) is 12.5 Å². The standard InChI is InChI=1S/C13H19BrO/c1-9(2)4-11-5-12(10(3)8-15)7-13(14)6-11/h5-7,9-10,15H,4,8H2,1-3H3. The molecule has 15 heavy (non-hydrogen) atoms. The van der Waals surface area contributed by atoms with Crippen LogP contribution >= 0.6 is 15.9 Å². The predicted octanol–water partition coefficient (Wildman–Crippen LogP) is 3.74. The summed E-state index contributed by atoms with van der Waals surface area (Å²) in [5.41, 5.74) is 2.55. The summed E-state index contributed by atoms with van der Waals surface area (Å²) in [7, 11) is 0. The number of rotatable bonds is 4. The van der Waals surface area contributed by atoms with Gasteiger partial charge < -0.3 is 5.11 Å². The molecule has 0 aromatic heterocycles. The van der Waals surface area contributed by atoms with Crippen LogP contribution in [0.25, 0.3) is 0 Å². The normalized spacial score (nSPS) is 13.2. The van der Waals surface area contributed by atoms with Crippen molar-refractivity contribution >= 4 is 15.9 Å². The Labute approximate surface area is 101 Å². The van der Waals surface area contributed by atoms with Gasteiger partial charge in [0.05, 0.1) is 0 Å². The van der Waals surface area contributed by atoms with Gasteiger partial charge in [-0.2, -0.15) is 0 Å². The fraction of sp³-hybridized carbons (Fsp3) is 0.538. The number of benzene rings is 1. The van der Waals surface area contributed by atoms with E-state index in [1.807, 2.05) is 6.92 Å². The van der Waals surface area contributed by atoms with Gasteiger partial charge in [0.15, 0.2) is 0 Å². The molecule has 2 heteroatoms. The molecular formula is C13H19BrO. The average molecular weight is 271 g/mol. The van der Waals surface area contributed by atoms with E-state index in [2.05, 4.69) is 48.0 Å². The second kappa shape index (κ2) is 5.66. The van der Waals surface area contributed by atoms with Crippen LogP contribution < -0.4 is 0 Å². The SMILES string of the molecule is CC(C)Cc1cc(Br)cc(C(C)CO)c1. The lowest BCUT2D eigenvalue weighted by atomic mass is 9.96. The Bertz CT molecular complexity index is 320. The minimum absolute atomic E-state index is 0.206. The van der Waals surface area contributed by atoms with Gasteiger partial charge in [-0.25, -0.2) is 0 Å². The molecule has 0 saturated carbocycles. The second-order valence-electron chi connectivity index (χ2n) is 4.57. The van der Waals surface area contributed by atoms with Gasteiger partial charge in [0.25, 0.3) is 0 Å². The third kappa shape index (κ3) is 3.96. The molecule has 1 aromatic rings. The van der Waals surface area contributed by atoms with Crippen molar-refractivity contribution in [1.82, 2.24) is 0 Å². The molecule has 1 atom stereocenters. The highest BCUT2D eigenvalue weighted by molar-refractivity contribution is 9.10. The summed E-state index contributed by atoms with van der Waals surface area (Å²) in [5.74, 6) is 0.880. The second-order valence-corrected chi connectivity index (χ2v) is 5.49. The fourth-order valence-corrected chi connectivity index (χ4v) is 2.21. The maximum absolute atomic E-state index is 9.14. The molecule has 1 aromatic carbocycles. The molecule has 84 valence electrons. The molecule has 0 heterocycles. The van der Waals surface area contributed by atoms with Gasteiger partial charge in [-0.05, 0) is 35.6 Å². The van der Waals surface area contributed by atoms with Crippen molar-refractivity contribution in [3.05, 3.63) is 33.8 Å². The van der Waals surface area contributed by atoms with Crippen molar-refractivity contribution in [1.29, 1.82) is 0 Å². The Kier molecular flexibility index (Phi) is 4.81. The zero-order chi connectivity index (χ0) is 11.4. The van der Waals surface area contributed by atoms with Crippen LogP contribution in [0.1, 0.15) is 37.8 Å². The summed E-state index contributed by atoms with van der Waals surface area (Å²) in [4.78, 5) is 0. The van der Waals surface area contributed by atoms with Crippen LogP contribution in [-0.4, -0.2) is 11.7 Å². The third-order valence-corrected chi connectivity index (χ3v) is 2.92. The first-order valence-electron chi connectivity index (χ1n) is 5.43. The number of aliphatic hydroxyl groups excluding tert-OH is 1. The zero-order valence-electron chi connectivity index (χ0n) is 9.63. The van der Waals surface area contributed by atoms with Gasteiger partial charge in [-0.1, -0.05) is 42.8 Å². The summed E-state index contributed by atoms with van der Waals surface area (Å²) < 4.78 is 1.11. The van der Waals surface area contributed by atoms with Crippen molar-refractivity contribution in [3.63, 3.8) is 0 Å². The molecule has 1 N–H and O–H groups in total. The lowest BCUT2D eigenvalue weighted by Gasteiger charge is -2.12. The van der Waals surface area contributed by atoms with E-state index >= 15 is 0 Å². The molecule has 1 rings (SSSR count). The van der Waals surface area contributed by atoms with Crippen LogP contribution in [0, 0.1) is 5.92 Å². The Morgan fingerprint density at radius 2 is 1.87 bits per heavy atom. The molecule has 0 spiro atoms. The van der Waals surface area contributed by atoms with Crippen LogP contribution in [0.15, 0.2) is 22.7 Å². The van der Waals surface area contributed by atoms with Crippen molar-refractivity contribution < 1.29 is 5.11 Å². The van der Waals surface area contributed by atoms with Crippen molar-refractivity contribution in [2.24, 2.45) is 5.92 Å². The Balaban J connectivity index is 2.94. The monoisotopic (exact) mass is 270 g/mol. The van der Waals surface area contributed by atoms with Gasteiger partial charge in [-0.3, -0.25) is 0 Å². The minimum atomic E-state index is 0.206. The maximum atomic E-state index is 9.14. The quantitative estimate of drug-likeness (QED) is 0.884. The van der Waals surface area contributed by atoms with Gasteiger partial charge in [0.1, 0.15) is 0 Å². The van der Waals surface area contributed by atoms with Crippen LogP contribution in [0.4, 0.5) is 0 Å². The van der Waals surface area contributed by atoms with Crippen LogP contribution in [0.5, 0.6) is 0 Å². The number of halogens is 1. The Morgan fingerprint density at radius 3 is 2.40 bits per heavy atom. The van der Waals surface area contributed by atoms with E-state index in [0.717, 1.165) is 10.9 Å². The highest BCUT2D eigenvalue weighted by Crippen LogP contribution is 2.23. The minimum Gasteiger partial charge on any atom is -0.396 e. The van der Waals surface area contributed by atoms with Gasteiger partial charge in [-0.15, -0.1) is 0 Å². The fourth-order valence-electron chi connectivity index (χ4n) is 1.65. The molecule has 0 saturated heterocycles. The van der Waals surface area contributed by atoms with Crippen molar-refractivity contribution in [3.8, 4) is 0 Å². The maximum Gasteiger partial charge on any atom is 0.0497 e. The molecule has 0 aliphatic carbocycles. The molecule has 0 radical (unpaired) electrons. The smallest absolute Gasteiger partial charge is 0.0497 e. The van der Waals surface area contributed by atoms with E-state index in [1.54, 1.807) is 0 Å². The summed E-state index contributed by atoms with van der Waals surface area (Å²) >= 11 is 3.52. The van der Waals surface area contributed by atoms with E-state index in [0.29, 0.717) is 5.92 Å². The topological polar surface area (TPSA) is 20.2 Å². The average Bonchev–Trinajstić information content (AvgIpc) is 2.14. The molecule has 1 unspecified atom stereocenters. The molecule has 1 nitrogen and oxygen atoms in total.